The van der Waals surface area contributed by atoms with E-state index in [4.69, 9.17) is 4.74 Å². The van der Waals surface area contributed by atoms with Crippen LogP contribution in [0.25, 0.3) is 0 Å². The van der Waals surface area contributed by atoms with Crippen molar-refractivity contribution in [2.24, 2.45) is 11.8 Å². The van der Waals surface area contributed by atoms with E-state index in [1.54, 1.807) is 7.11 Å². The molecule has 2 heterocycles. The number of methoxy groups -OCH3 is 1. The molecule has 22 heavy (non-hydrogen) atoms. The van der Waals surface area contributed by atoms with Crippen LogP contribution in [0.1, 0.15) is 37.8 Å². The minimum atomic E-state index is 0.550. The zero-order valence-electron chi connectivity index (χ0n) is 13.7. The summed E-state index contributed by atoms with van der Waals surface area (Å²) in [4.78, 5) is 2.66. The van der Waals surface area contributed by atoms with Gasteiger partial charge in [0.05, 0.1) is 12.8 Å². The Morgan fingerprint density at radius 2 is 2.00 bits per heavy atom. The molecule has 0 amide bonds. The second kappa shape index (κ2) is 7.88. The molecule has 1 fully saturated rings. The number of piperidine rings is 1. The molecule has 3 rings (SSSR count). The lowest BCUT2D eigenvalue weighted by molar-refractivity contribution is 0.146. The van der Waals surface area contributed by atoms with Gasteiger partial charge >= 0.3 is 0 Å². The van der Waals surface area contributed by atoms with Crippen molar-refractivity contribution in [3.8, 4) is 0 Å². The van der Waals surface area contributed by atoms with Gasteiger partial charge in [-0.15, -0.1) is 5.10 Å². The highest BCUT2D eigenvalue weighted by Gasteiger charge is 2.22. The predicted octanol–water partition coefficient (Wildman–Crippen LogP) is 2.49. The Morgan fingerprint density at radius 1 is 1.14 bits per heavy atom. The molecule has 0 saturated carbocycles. The van der Waals surface area contributed by atoms with E-state index in [1.165, 1.54) is 51.7 Å². The number of ether oxygens (including phenoxy) is 1. The van der Waals surface area contributed by atoms with E-state index in [9.17, 15) is 0 Å². The minimum absolute atomic E-state index is 0.550. The van der Waals surface area contributed by atoms with Crippen LogP contribution in [-0.4, -0.2) is 46.6 Å². The molecule has 0 spiro atoms. The number of rotatable bonds is 6. The maximum atomic E-state index is 5.09. The first-order valence-electron chi connectivity index (χ1n) is 8.59. The van der Waals surface area contributed by atoms with Crippen molar-refractivity contribution in [2.45, 2.75) is 45.3 Å². The number of hydrogen-bond donors (Lipinski definition) is 0. The van der Waals surface area contributed by atoms with Gasteiger partial charge in [0.15, 0.2) is 0 Å². The highest BCUT2D eigenvalue weighted by atomic mass is 16.5. The lowest BCUT2D eigenvalue weighted by atomic mass is 9.91. The van der Waals surface area contributed by atoms with Crippen molar-refractivity contribution >= 4 is 0 Å². The third-order valence-corrected chi connectivity index (χ3v) is 4.92. The van der Waals surface area contributed by atoms with Crippen molar-refractivity contribution in [3.63, 3.8) is 0 Å². The zero-order valence-corrected chi connectivity index (χ0v) is 13.7. The van der Waals surface area contributed by atoms with Gasteiger partial charge in [-0.25, -0.2) is 0 Å². The normalized spacial score (nSPS) is 24.0. The number of nitrogens with zero attached hydrogens (tertiary/aromatic N) is 4. The molecule has 1 unspecified atom stereocenters. The van der Waals surface area contributed by atoms with Gasteiger partial charge in [0.25, 0.3) is 0 Å². The van der Waals surface area contributed by atoms with Gasteiger partial charge < -0.3 is 9.64 Å². The molecule has 1 aliphatic carbocycles. The molecule has 1 aromatic rings. The highest BCUT2D eigenvalue weighted by molar-refractivity contribution is 4.92. The van der Waals surface area contributed by atoms with E-state index < -0.39 is 0 Å². The first-order valence-corrected chi connectivity index (χ1v) is 8.59. The van der Waals surface area contributed by atoms with Gasteiger partial charge in [-0.2, -0.15) is 0 Å². The topological polar surface area (TPSA) is 43.2 Å². The van der Waals surface area contributed by atoms with Crippen molar-refractivity contribution in [1.82, 2.24) is 19.9 Å². The summed E-state index contributed by atoms with van der Waals surface area (Å²) in [5, 5.41) is 8.34. The number of hydrogen-bond acceptors (Lipinski definition) is 4. The Balaban J connectivity index is 1.40. The van der Waals surface area contributed by atoms with Gasteiger partial charge in [0, 0.05) is 20.2 Å². The van der Waals surface area contributed by atoms with Crippen LogP contribution in [0.2, 0.25) is 0 Å². The van der Waals surface area contributed by atoms with E-state index in [0.717, 1.165) is 24.1 Å². The summed E-state index contributed by atoms with van der Waals surface area (Å²) in [7, 11) is 1.69. The summed E-state index contributed by atoms with van der Waals surface area (Å²) in [6.45, 7) is 5.32. The van der Waals surface area contributed by atoms with Crippen LogP contribution in [-0.2, 0) is 17.9 Å². The molecule has 1 atom stereocenters. The van der Waals surface area contributed by atoms with Crippen LogP contribution in [0.5, 0.6) is 0 Å². The average Bonchev–Trinajstić information content (AvgIpc) is 2.98. The van der Waals surface area contributed by atoms with Crippen LogP contribution in [0.4, 0.5) is 0 Å². The highest BCUT2D eigenvalue weighted by Crippen LogP contribution is 2.23. The second-order valence-corrected chi connectivity index (χ2v) is 6.76. The molecule has 0 radical (unpaired) electrons. The van der Waals surface area contributed by atoms with Gasteiger partial charge in [0.1, 0.15) is 5.69 Å². The molecule has 122 valence electrons. The van der Waals surface area contributed by atoms with E-state index in [0.29, 0.717) is 6.61 Å². The van der Waals surface area contributed by atoms with Crippen LogP contribution in [0.3, 0.4) is 0 Å². The summed E-state index contributed by atoms with van der Waals surface area (Å²) in [6, 6.07) is 0. The molecule has 1 aromatic heterocycles. The van der Waals surface area contributed by atoms with Gasteiger partial charge in [-0.1, -0.05) is 17.4 Å². The lowest BCUT2D eigenvalue weighted by Gasteiger charge is -2.34. The van der Waals surface area contributed by atoms with Crippen molar-refractivity contribution in [2.75, 3.05) is 26.7 Å². The van der Waals surface area contributed by atoms with E-state index in [-0.39, 0.29) is 0 Å². The fourth-order valence-corrected chi connectivity index (χ4v) is 3.65. The molecule has 2 aliphatic rings. The minimum Gasteiger partial charge on any atom is -0.378 e. The molecule has 1 saturated heterocycles. The van der Waals surface area contributed by atoms with Gasteiger partial charge in [-0.3, -0.25) is 4.68 Å². The predicted molar refractivity (Wildman–Crippen MR) is 86.4 cm³/mol. The Morgan fingerprint density at radius 3 is 2.73 bits per heavy atom. The monoisotopic (exact) mass is 304 g/mol. The first-order chi connectivity index (χ1) is 10.8. The lowest BCUT2D eigenvalue weighted by Crippen LogP contribution is -2.38. The van der Waals surface area contributed by atoms with Crippen molar-refractivity contribution in [1.29, 1.82) is 0 Å². The van der Waals surface area contributed by atoms with Crippen LogP contribution >= 0.6 is 0 Å². The maximum Gasteiger partial charge on any atom is 0.108 e. The fourth-order valence-electron chi connectivity index (χ4n) is 3.65. The van der Waals surface area contributed by atoms with Crippen LogP contribution in [0.15, 0.2) is 18.3 Å². The van der Waals surface area contributed by atoms with Crippen LogP contribution in [0, 0.1) is 11.8 Å². The van der Waals surface area contributed by atoms with Crippen molar-refractivity contribution < 1.29 is 4.74 Å². The summed E-state index contributed by atoms with van der Waals surface area (Å²) in [5.74, 6) is 1.62. The standard InChI is InChI=1S/C17H28N4O/c1-22-14-17-13-21(19-18-17)12-16-7-9-20(10-8-16)11-15-5-3-2-4-6-15/h2-3,13,15-16H,4-12,14H2,1H3. The number of aromatic nitrogens is 3. The van der Waals surface area contributed by atoms with Gasteiger partial charge in [0.2, 0.25) is 0 Å². The molecule has 0 bridgehead atoms. The molecular weight excluding hydrogens is 276 g/mol. The SMILES string of the molecule is COCc1cn(CC2CCN(CC3CC=CCC3)CC2)nn1. The Hall–Kier alpha value is -1.20. The number of likely N-dealkylation sites (tertiary alicyclic amines) is 1. The molecule has 0 N–H and O–H groups in total. The largest absolute Gasteiger partial charge is 0.378 e. The quantitative estimate of drug-likeness (QED) is 0.757. The van der Waals surface area contributed by atoms with E-state index >= 15 is 0 Å². The third-order valence-electron chi connectivity index (χ3n) is 4.92. The Bertz CT molecular complexity index is 477. The second-order valence-electron chi connectivity index (χ2n) is 6.76. The zero-order chi connectivity index (χ0) is 15.2. The van der Waals surface area contributed by atoms with Crippen molar-refractivity contribution in [3.05, 3.63) is 24.0 Å². The summed E-state index contributed by atoms with van der Waals surface area (Å²) in [5.41, 5.74) is 0.922. The maximum absolute atomic E-state index is 5.09. The molecule has 0 aromatic carbocycles. The smallest absolute Gasteiger partial charge is 0.108 e. The first kappa shape index (κ1) is 15.7. The van der Waals surface area contributed by atoms with E-state index in [2.05, 4.69) is 27.4 Å². The van der Waals surface area contributed by atoms with Gasteiger partial charge in [-0.05, 0) is 57.0 Å². The Kier molecular flexibility index (Phi) is 5.62. The van der Waals surface area contributed by atoms with Crippen LogP contribution < -0.4 is 0 Å². The fraction of sp³-hybridized carbons (Fsp3) is 0.765. The van der Waals surface area contributed by atoms with E-state index in [1.807, 2.05) is 10.9 Å². The average molecular weight is 304 g/mol. The number of allylic oxidation sites excluding steroid dienone is 2. The molecular formula is C17H28N4O. The summed E-state index contributed by atoms with van der Waals surface area (Å²) < 4.78 is 7.08. The Labute approximate surface area is 133 Å². The third kappa shape index (κ3) is 4.40. The molecule has 5 heteroatoms. The summed E-state index contributed by atoms with van der Waals surface area (Å²) >= 11 is 0. The molecule has 5 nitrogen and oxygen atoms in total. The molecule has 1 aliphatic heterocycles. The summed E-state index contributed by atoms with van der Waals surface area (Å²) in [6.07, 6.45) is 13.2.